The molecule has 0 radical (unpaired) electrons. The van der Waals surface area contributed by atoms with Crippen LogP contribution in [0.3, 0.4) is 0 Å². The van der Waals surface area contributed by atoms with Gasteiger partial charge in [-0.05, 0) is 42.5 Å². The molecule has 4 rings (SSSR count). The minimum absolute atomic E-state index is 0.890. The van der Waals surface area contributed by atoms with E-state index < -0.39 is 0 Å². The van der Waals surface area contributed by atoms with Crippen LogP contribution >= 0.6 is 0 Å². The summed E-state index contributed by atoms with van der Waals surface area (Å²) in [6, 6.07) is 20.1. The third-order valence-corrected chi connectivity index (χ3v) is 3.62. The first-order valence-corrected chi connectivity index (χ1v) is 7.38. The molecular formula is C19H14N4. The van der Waals surface area contributed by atoms with Gasteiger partial charge in [0.25, 0.3) is 0 Å². The average Bonchev–Trinajstić information content (AvgIpc) is 3.09. The molecule has 0 aliphatic rings. The number of hydrogen-bond acceptors (Lipinski definition) is 3. The van der Waals surface area contributed by atoms with E-state index in [1.54, 1.807) is 12.4 Å². The van der Waals surface area contributed by atoms with Gasteiger partial charge in [-0.3, -0.25) is 9.97 Å². The molecule has 0 amide bonds. The number of benzene rings is 1. The molecule has 23 heavy (non-hydrogen) atoms. The van der Waals surface area contributed by atoms with Crippen molar-refractivity contribution >= 4 is 0 Å². The Kier molecular flexibility index (Phi) is 3.41. The molecular weight excluding hydrogens is 284 g/mol. The van der Waals surface area contributed by atoms with E-state index in [1.165, 1.54) is 0 Å². The molecule has 0 bridgehead atoms. The topological polar surface area (TPSA) is 43.6 Å². The molecule has 0 atom stereocenters. The zero-order chi connectivity index (χ0) is 15.5. The maximum atomic E-state index is 4.78. The Morgan fingerprint density at radius 2 is 1.39 bits per heavy atom. The third-order valence-electron chi connectivity index (χ3n) is 3.62. The molecule has 0 aliphatic carbocycles. The molecule has 0 aliphatic heterocycles. The Labute approximate surface area is 134 Å². The van der Waals surface area contributed by atoms with Gasteiger partial charge in [0.15, 0.2) is 0 Å². The van der Waals surface area contributed by atoms with Crippen molar-refractivity contribution in [2.75, 3.05) is 0 Å². The first kappa shape index (κ1) is 13.4. The van der Waals surface area contributed by atoms with Crippen LogP contribution in [0.15, 0.2) is 85.5 Å². The van der Waals surface area contributed by atoms with E-state index in [1.807, 2.05) is 71.7 Å². The highest BCUT2D eigenvalue weighted by Crippen LogP contribution is 2.27. The molecule has 0 spiro atoms. The summed E-state index contributed by atoms with van der Waals surface area (Å²) < 4.78 is 1.94. The Morgan fingerprint density at radius 3 is 2.04 bits per heavy atom. The van der Waals surface area contributed by atoms with E-state index in [2.05, 4.69) is 16.0 Å². The number of para-hydroxylation sites is 1. The Balaban J connectivity index is 1.91. The summed E-state index contributed by atoms with van der Waals surface area (Å²) in [6.45, 7) is 0. The van der Waals surface area contributed by atoms with Crippen LogP contribution in [-0.4, -0.2) is 19.7 Å². The smallest absolute Gasteiger partial charge is 0.0949 e. The lowest BCUT2D eigenvalue weighted by molar-refractivity contribution is 0.891. The summed E-state index contributed by atoms with van der Waals surface area (Å²) in [5.41, 5.74) is 4.93. The van der Waals surface area contributed by atoms with Crippen molar-refractivity contribution in [2.45, 2.75) is 0 Å². The van der Waals surface area contributed by atoms with E-state index in [0.29, 0.717) is 0 Å². The molecule has 3 aromatic heterocycles. The van der Waals surface area contributed by atoms with Crippen LogP contribution in [0, 0.1) is 0 Å². The fourth-order valence-corrected chi connectivity index (χ4v) is 2.52. The third kappa shape index (κ3) is 2.62. The molecule has 0 saturated heterocycles. The molecule has 0 N–H and O–H groups in total. The molecule has 0 saturated carbocycles. The normalized spacial score (nSPS) is 10.6. The van der Waals surface area contributed by atoms with Gasteiger partial charge >= 0.3 is 0 Å². The lowest BCUT2D eigenvalue weighted by atomic mass is 10.1. The second-order valence-electron chi connectivity index (χ2n) is 5.15. The van der Waals surface area contributed by atoms with Gasteiger partial charge in [-0.15, -0.1) is 0 Å². The summed E-state index contributed by atoms with van der Waals surface area (Å²) in [5.74, 6) is 0. The van der Waals surface area contributed by atoms with E-state index >= 15 is 0 Å². The maximum absolute atomic E-state index is 4.78. The van der Waals surface area contributed by atoms with Gasteiger partial charge in [-0.25, -0.2) is 4.68 Å². The van der Waals surface area contributed by atoms with Gasteiger partial charge in [0, 0.05) is 35.9 Å². The van der Waals surface area contributed by atoms with Crippen LogP contribution < -0.4 is 0 Å². The second-order valence-corrected chi connectivity index (χ2v) is 5.15. The highest BCUT2D eigenvalue weighted by atomic mass is 15.3. The molecule has 0 unspecified atom stereocenters. The SMILES string of the molecule is c1ccc(-n2nc(-c3cccnc3)cc2-c2cccnc2)cc1. The fourth-order valence-electron chi connectivity index (χ4n) is 2.52. The molecule has 110 valence electrons. The van der Waals surface area contributed by atoms with Gasteiger partial charge in [0.05, 0.1) is 17.1 Å². The van der Waals surface area contributed by atoms with Crippen LogP contribution in [0.4, 0.5) is 0 Å². The number of hydrogen-bond donors (Lipinski definition) is 0. The van der Waals surface area contributed by atoms with E-state index in [0.717, 1.165) is 28.2 Å². The Morgan fingerprint density at radius 1 is 0.696 bits per heavy atom. The molecule has 1 aromatic carbocycles. The van der Waals surface area contributed by atoms with Crippen LogP contribution in [0.1, 0.15) is 0 Å². The van der Waals surface area contributed by atoms with Crippen molar-refractivity contribution in [1.29, 1.82) is 0 Å². The van der Waals surface area contributed by atoms with Crippen molar-refractivity contribution in [2.24, 2.45) is 0 Å². The lowest BCUT2D eigenvalue weighted by Crippen LogP contribution is -1.99. The van der Waals surface area contributed by atoms with E-state index in [-0.39, 0.29) is 0 Å². The second kappa shape index (κ2) is 5.85. The summed E-state index contributed by atoms with van der Waals surface area (Å²) in [5, 5.41) is 4.78. The van der Waals surface area contributed by atoms with Crippen LogP contribution in [0.25, 0.3) is 28.2 Å². The fraction of sp³-hybridized carbons (Fsp3) is 0. The molecule has 3 heterocycles. The van der Waals surface area contributed by atoms with E-state index in [9.17, 15) is 0 Å². The minimum Gasteiger partial charge on any atom is -0.264 e. The van der Waals surface area contributed by atoms with Gasteiger partial charge in [0.1, 0.15) is 0 Å². The van der Waals surface area contributed by atoms with Crippen molar-refractivity contribution in [1.82, 2.24) is 19.7 Å². The number of rotatable bonds is 3. The van der Waals surface area contributed by atoms with Gasteiger partial charge in [-0.1, -0.05) is 18.2 Å². The molecule has 4 aromatic rings. The highest BCUT2D eigenvalue weighted by Gasteiger charge is 2.13. The van der Waals surface area contributed by atoms with Crippen LogP contribution in [0.5, 0.6) is 0 Å². The first-order chi connectivity index (χ1) is 11.4. The minimum atomic E-state index is 0.890. The zero-order valence-corrected chi connectivity index (χ0v) is 12.4. The summed E-state index contributed by atoms with van der Waals surface area (Å²) in [6.07, 6.45) is 7.21. The Hall–Kier alpha value is -3.27. The van der Waals surface area contributed by atoms with Crippen molar-refractivity contribution in [3.63, 3.8) is 0 Å². The van der Waals surface area contributed by atoms with Crippen LogP contribution in [-0.2, 0) is 0 Å². The molecule has 4 nitrogen and oxygen atoms in total. The van der Waals surface area contributed by atoms with Crippen molar-refractivity contribution in [3.05, 3.63) is 85.5 Å². The maximum Gasteiger partial charge on any atom is 0.0949 e. The quantitative estimate of drug-likeness (QED) is 0.574. The largest absolute Gasteiger partial charge is 0.264 e. The summed E-state index contributed by atoms with van der Waals surface area (Å²) in [4.78, 5) is 8.41. The van der Waals surface area contributed by atoms with E-state index in [4.69, 9.17) is 5.10 Å². The van der Waals surface area contributed by atoms with Crippen LogP contribution in [0.2, 0.25) is 0 Å². The molecule has 0 fully saturated rings. The monoisotopic (exact) mass is 298 g/mol. The van der Waals surface area contributed by atoms with Gasteiger partial charge in [0.2, 0.25) is 0 Å². The predicted molar refractivity (Wildman–Crippen MR) is 90.0 cm³/mol. The van der Waals surface area contributed by atoms with Crippen molar-refractivity contribution < 1.29 is 0 Å². The average molecular weight is 298 g/mol. The molecule has 4 heteroatoms. The Bertz CT molecular complexity index is 843. The van der Waals surface area contributed by atoms with Gasteiger partial charge in [-0.2, -0.15) is 5.10 Å². The number of nitrogens with zero attached hydrogens (tertiary/aromatic N) is 4. The summed E-state index contributed by atoms with van der Waals surface area (Å²) >= 11 is 0. The first-order valence-electron chi connectivity index (χ1n) is 7.38. The number of aromatic nitrogens is 4. The van der Waals surface area contributed by atoms with Gasteiger partial charge < -0.3 is 0 Å². The summed E-state index contributed by atoms with van der Waals surface area (Å²) in [7, 11) is 0. The zero-order valence-electron chi connectivity index (χ0n) is 12.4. The predicted octanol–water partition coefficient (Wildman–Crippen LogP) is 4.00. The lowest BCUT2D eigenvalue weighted by Gasteiger charge is -2.06. The highest BCUT2D eigenvalue weighted by molar-refractivity contribution is 5.69. The van der Waals surface area contributed by atoms with Crippen molar-refractivity contribution in [3.8, 4) is 28.2 Å². The standard InChI is InChI=1S/C19H14N4/c1-2-8-17(9-3-1)23-19(16-7-5-11-21-14-16)12-18(22-23)15-6-4-10-20-13-15/h1-14H. The number of pyridine rings is 2.